The predicted molar refractivity (Wildman–Crippen MR) is 61.6 cm³/mol. The number of aliphatic carboxylic acids is 1. The second-order valence-electron chi connectivity index (χ2n) is 3.99. The summed E-state index contributed by atoms with van der Waals surface area (Å²) in [5.74, 6) is -1.66. The van der Waals surface area contributed by atoms with Crippen LogP contribution in [0.25, 0.3) is 0 Å². The number of carboxylic acid groups (broad SMARTS) is 1. The normalized spacial score (nSPS) is 12.2. The minimum atomic E-state index is -0.901. The Hall–Kier alpha value is -1.85. The number of carbonyl (C=O) groups is 2. The molecule has 1 unspecified atom stereocenters. The monoisotopic (exact) mass is 239 g/mol. The molecule has 6 nitrogen and oxygen atoms in total. The van der Waals surface area contributed by atoms with Crippen molar-refractivity contribution in [3.63, 3.8) is 0 Å². The topological polar surface area (TPSA) is 75.4 Å². The molecule has 0 radical (unpaired) electrons. The number of carboxylic acids is 1. The smallest absolute Gasteiger partial charge is 0.308 e. The second kappa shape index (κ2) is 5.47. The lowest BCUT2D eigenvalue weighted by atomic mass is 10.1. The van der Waals surface area contributed by atoms with E-state index in [0.717, 1.165) is 0 Å². The third-order valence-corrected chi connectivity index (χ3v) is 2.54. The van der Waals surface area contributed by atoms with E-state index in [1.807, 2.05) is 6.92 Å². The first kappa shape index (κ1) is 13.2. The van der Waals surface area contributed by atoms with Crippen LogP contribution in [-0.4, -0.2) is 44.8 Å². The van der Waals surface area contributed by atoms with Crippen molar-refractivity contribution in [3.05, 3.63) is 18.0 Å². The van der Waals surface area contributed by atoms with Crippen LogP contribution in [0.4, 0.5) is 0 Å². The number of hydrogen-bond acceptors (Lipinski definition) is 3. The maximum atomic E-state index is 12.0. The Labute approximate surface area is 99.8 Å². The van der Waals surface area contributed by atoms with Crippen molar-refractivity contribution >= 4 is 11.9 Å². The van der Waals surface area contributed by atoms with E-state index in [1.165, 1.54) is 11.1 Å². The Bertz CT molecular complexity index is 414. The van der Waals surface area contributed by atoms with Gasteiger partial charge in [-0.15, -0.1) is 0 Å². The van der Waals surface area contributed by atoms with E-state index >= 15 is 0 Å². The van der Waals surface area contributed by atoms with Crippen LogP contribution in [0.5, 0.6) is 0 Å². The van der Waals surface area contributed by atoms with Gasteiger partial charge in [0, 0.05) is 26.3 Å². The molecule has 0 aliphatic carbocycles. The van der Waals surface area contributed by atoms with E-state index in [0.29, 0.717) is 12.1 Å². The number of aryl methyl sites for hydroxylation is 1. The molecular weight excluding hydrogens is 222 g/mol. The fraction of sp³-hybridized carbons (Fsp3) is 0.545. The largest absolute Gasteiger partial charge is 0.481 e. The molecule has 1 rings (SSSR count). The van der Waals surface area contributed by atoms with Crippen molar-refractivity contribution in [2.45, 2.75) is 13.8 Å². The molecule has 0 aliphatic rings. The zero-order valence-electron chi connectivity index (χ0n) is 10.3. The summed E-state index contributed by atoms with van der Waals surface area (Å²) in [6.07, 6.45) is 3.10. The fourth-order valence-electron chi connectivity index (χ4n) is 1.48. The highest BCUT2D eigenvalue weighted by Gasteiger charge is 2.21. The first-order valence-electron chi connectivity index (χ1n) is 5.46. The lowest BCUT2D eigenvalue weighted by Crippen LogP contribution is -2.36. The highest BCUT2D eigenvalue weighted by Crippen LogP contribution is 2.07. The van der Waals surface area contributed by atoms with Crippen LogP contribution in [0.3, 0.4) is 0 Å². The highest BCUT2D eigenvalue weighted by atomic mass is 16.4. The maximum absolute atomic E-state index is 12.0. The SMILES string of the molecule is CCN(CC(C)C(=O)O)C(=O)c1cnn(C)c1. The molecule has 0 fully saturated rings. The van der Waals surface area contributed by atoms with Gasteiger partial charge in [0.05, 0.1) is 17.7 Å². The summed E-state index contributed by atoms with van der Waals surface area (Å²) in [7, 11) is 1.73. The number of rotatable bonds is 5. The molecule has 1 aromatic rings. The van der Waals surface area contributed by atoms with Gasteiger partial charge in [0.15, 0.2) is 0 Å². The van der Waals surface area contributed by atoms with E-state index < -0.39 is 11.9 Å². The summed E-state index contributed by atoms with van der Waals surface area (Å²) in [4.78, 5) is 24.3. The standard InChI is InChI=1S/C11H17N3O3/c1-4-14(6-8(2)11(16)17)10(15)9-5-12-13(3)7-9/h5,7-8H,4,6H2,1-3H3,(H,16,17). The van der Waals surface area contributed by atoms with Gasteiger partial charge in [0.2, 0.25) is 0 Å². The number of nitrogens with zero attached hydrogens (tertiary/aromatic N) is 3. The minimum Gasteiger partial charge on any atom is -0.481 e. The molecule has 6 heteroatoms. The van der Waals surface area contributed by atoms with Crippen molar-refractivity contribution < 1.29 is 14.7 Å². The molecule has 94 valence electrons. The van der Waals surface area contributed by atoms with Gasteiger partial charge < -0.3 is 10.0 Å². The first-order valence-corrected chi connectivity index (χ1v) is 5.46. The lowest BCUT2D eigenvalue weighted by molar-refractivity contribution is -0.141. The molecule has 1 atom stereocenters. The van der Waals surface area contributed by atoms with Gasteiger partial charge in [-0.2, -0.15) is 5.10 Å². The average Bonchev–Trinajstić information content (AvgIpc) is 2.71. The molecular formula is C11H17N3O3. The minimum absolute atomic E-state index is 0.186. The Morgan fingerprint density at radius 1 is 1.59 bits per heavy atom. The van der Waals surface area contributed by atoms with Crippen molar-refractivity contribution in [2.75, 3.05) is 13.1 Å². The third-order valence-electron chi connectivity index (χ3n) is 2.54. The van der Waals surface area contributed by atoms with Gasteiger partial charge in [0.25, 0.3) is 5.91 Å². The Balaban J connectivity index is 2.74. The molecule has 1 heterocycles. The van der Waals surface area contributed by atoms with Gasteiger partial charge in [-0.05, 0) is 6.92 Å². The number of hydrogen-bond donors (Lipinski definition) is 1. The average molecular weight is 239 g/mol. The maximum Gasteiger partial charge on any atom is 0.308 e. The van der Waals surface area contributed by atoms with E-state index in [2.05, 4.69) is 5.10 Å². The Kier molecular flexibility index (Phi) is 4.25. The summed E-state index contributed by atoms with van der Waals surface area (Å²) in [5.41, 5.74) is 0.479. The summed E-state index contributed by atoms with van der Waals surface area (Å²) < 4.78 is 1.54. The van der Waals surface area contributed by atoms with Crippen LogP contribution in [0.2, 0.25) is 0 Å². The van der Waals surface area contributed by atoms with Crippen LogP contribution in [0, 0.1) is 5.92 Å². The molecule has 17 heavy (non-hydrogen) atoms. The molecule has 0 saturated carbocycles. The van der Waals surface area contributed by atoms with E-state index in [1.54, 1.807) is 24.9 Å². The Morgan fingerprint density at radius 3 is 2.65 bits per heavy atom. The first-order chi connectivity index (χ1) is 7.95. The van der Waals surface area contributed by atoms with E-state index in [9.17, 15) is 9.59 Å². The summed E-state index contributed by atoms with van der Waals surface area (Å²) >= 11 is 0. The fourth-order valence-corrected chi connectivity index (χ4v) is 1.48. The van der Waals surface area contributed by atoms with Crippen molar-refractivity contribution in [3.8, 4) is 0 Å². The number of carbonyl (C=O) groups excluding carboxylic acids is 1. The molecule has 1 amide bonds. The summed E-state index contributed by atoms with van der Waals surface area (Å²) in [5, 5.41) is 12.7. The van der Waals surface area contributed by atoms with E-state index in [-0.39, 0.29) is 12.5 Å². The predicted octanol–water partition coefficient (Wildman–Crippen LogP) is 0.603. The highest BCUT2D eigenvalue weighted by molar-refractivity contribution is 5.94. The van der Waals surface area contributed by atoms with Gasteiger partial charge in [-0.3, -0.25) is 14.3 Å². The quantitative estimate of drug-likeness (QED) is 0.816. The van der Waals surface area contributed by atoms with E-state index in [4.69, 9.17) is 5.11 Å². The number of amides is 1. The molecule has 1 N–H and O–H groups in total. The van der Waals surface area contributed by atoms with Gasteiger partial charge in [-0.1, -0.05) is 6.92 Å². The zero-order chi connectivity index (χ0) is 13.0. The van der Waals surface area contributed by atoms with Gasteiger partial charge in [0.1, 0.15) is 0 Å². The summed E-state index contributed by atoms with van der Waals surface area (Å²) in [6, 6.07) is 0. The third kappa shape index (κ3) is 3.30. The number of aromatic nitrogens is 2. The molecule has 0 aliphatic heterocycles. The van der Waals surface area contributed by atoms with Gasteiger partial charge in [-0.25, -0.2) is 0 Å². The van der Waals surface area contributed by atoms with Crippen LogP contribution >= 0.6 is 0 Å². The molecule has 0 aromatic carbocycles. The van der Waals surface area contributed by atoms with Crippen molar-refractivity contribution in [2.24, 2.45) is 13.0 Å². The van der Waals surface area contributed by atoms with Crippen LogP contribution < -0.4 is 0 Å². The molecule has 0 saturated heterocycles. The molecule has 0 spiro atoms. The van der Waals surface area contributed by atoms with Crippen LogP contribution in [0.15, 0.2) is 12.4 Å². The molecule has 0 bridgehead atoms. The summed E-state index contributed by atoms with van der Waals surface area (Å²) in [6.45, 7) is 4.09. The van der Waals surface area contributed by atoms with Crippen molar-refractivity contribution in [1.82, 2.24) is 14.7 Å². The van der Waals surface area contributed by atoms with Crippen LogP contribution in [0.1, 0.15) is 24.2 Å². The second-order valence-corrected chi connectivity index (χ2v) is 3.99. The van der Waals surface area contributed by atoms with Gasteiger partial charge >= 0.3 is 5.97 Å². The Morgan fingerprint density at radius 2 is 2.24 bits per heavy atom. The van der Waals surface area contributed by atoms with Crippen molar-refractivity contribution in [1.29, 1.82) is 0 Å². The lowest BCUT2D eigenvalue weighted by Gasteiger charge is -2.22. The zero-order valence-corrected chi connectivity index (χ0v) is 10.3. The molecule has 1 aromatic heterocycles. The van der Waals surface area contributed by atoms with Crippen LogP contribution in [-0.2, 0) is 11.8 Å².